The third-order valence-corrected chi connectivity index (χ3v) is 2.29. The smallest absolute Gasteiger partial charge is 0.161 e. The zero-order chi connectivity index (χ0) is 12.8. The summed E-state index contributed by atoms with van der Waals surface area (Å²) in [5, 5.41) is 0. The van der Waals surface area contributed by atoms with Crippen molar-refractivity contribution in [1.82, 2.24) is 0 Å². The largest absolute Gasteiger partial charge is 0.493 e. The van der Waals surface area contributed by atoms with E-state index in [4.69, 9.17) is 15.2 Å². The van der Waals surface area contributed by atoms with Crippen molar-refractivity contribution in [3.63, 3.8) is 0 Å². The highest BCUT2D eigenvalue weighted by Gasteiger charge is 2.06. The minimum absolute atomic E-state index is 0.135. The summed E-state index contributed by atoms with van der Waals surface area (Å²) in [7, 11) is 1.64. The van der Waals surface area contributed by atoms with Crippen LogP contribution in [0.25, 0.3) is 6.08 Å². The average molecular weight is 235 g/mol. The monoisotopic (exact) mass is 235 g/mol. The number of hydrogen-bond donors (Lipinski definition) is 1. The first-order valence-corrected chi connectivity index (χ1v) is 5.78. The first-order chi connectivity index (χ1) is 8.06. The Balaban J connectivity index is 3.00. The lowest BCUT2D eigenvalue weighted by atomic mass is 10.1. The zero-order valence-corrected chi connectivity index (χ0v) is 11.0. The van der Waals surface area contributed by atoms with Gasteiger partial charge in [-0.2, -0.15) is 0 Å². The maximum absolute atomic E-state index is 5.65. The van der Waals surface area contributed by atoms with E-state index in [0.717, 1.165) is 22.6 Å². The van der Waals surface area contributed by atoms with Crippen molar-refractivity contribution in [2.45, 2.75) is 26.9 Å². The van der Waals surface area contributed by atoms with Gasteiger partial charge in [-0.05, 0) is 38.5 Å². The Hall–Kier alpha value is -1.48. The number of benzene rings is 1. The average Bonchev–Trinajstić information content (AvgIpc) is 2.30. The van der Waals surface area contributed by atoms with Gasteiger partial charge in [0, 0.05) is 6.54 Å². The molecule has 0 amide bonds. The van der Waals surface area contributed by atoms with Crippen LogP contribution < -0.4 is 15.2 Å². The molecule has 0 heterocycles. The number of nitrogens with two attached hydrogens (primary N) is 1. The van der Waals surface area contributed by atoms with Crippen LogP contribution in [-0.2, 0) is 0 Å². The summed E-state index contributed by atoms with van der Waals surface area (Å²) in [5.41, 5.74) is 7.76. The first kappa shape index (κ1) is 13.6. The molecule has 3 heteroatoms. The van der Waals surface area contributed by atoms with Crippen LogP contribution in [0.15, 0.2) is 23.8 Å². The zero-order valence-electron chi connectivity index (χ0n) is 11.0. The lowest BCUT2D eigenvalue weighted by Crippen LogP contribution is -2.06. The van der Waals surface area contributed by atoms with E-state index in [1.807, 2.05) is 45.0 Å². The topological polar surface area (TPSA) is 44.5 Å². The molecule has 0 aliphatic rings. The van der Waals surface area contributed by atoms with Gasteiger partial charge in [0.25, 0.3) is 0 Å². The second-order valence-corrected chi connectivity index (χ2v) is 4.27. The number of methoxy groups -OCH3 is 1. The fourth-order valence-electron chi connectivity index (χ4n) is 1.47. The van der Waals surface area contributed by atoms with Crippen LogP contribution in [0.4, 0.5) is 0 Å². The van der Waals surface area contributed by atoms with Crippen LogP contribution in [0, 0.1) is 0 Å². The fraction of sp³-hybridized carbons (Fsp3) is 0.429. The highest BCUT2D eigenvalue weighted by Crippen LogP contribution is 2.29. The van der Waals surface area contributed by atoms with E-state index in [1.54, 1.807) is 7.11 Å². The van der Waals surface area contributed by atoms with Crippen molar-refractivity contribution < 1.29 is 9.47 Å². The van der Waals surface area contributed by atoms with Gasteiger partial charge in [-0.1, -0.05) is 17.7 Å². The van der Waals surface area contributed by atoms with Crippen LogP contribution in [0.1, 0.15) is 26.3 Å². The minimum Gasteiger partial charge on any atom is -0.493 e. The summed E-state index contributed by atoms with van der Waals surface area (Å²) >= 11 is 0. The Bertz CT molecular complexity index is 397. The molecule has 3 nitrogen and oxygen atoms in total. The third-order valence-electron chi connectivity index (χ3n) is 2.29. The maximum Gasteiger partial charge on any atom is 0.161 e. The highest BCUT2D eigenvalue weighted by atomic mass is 16.5. The SMILES string of the molecule is COc1cc(C=C(C)CN)ccc1OC(C)C. The second-order valence-electron chi connectivity index (χ2n) is 4.27. The quantitative estimate of drug-likeness (QED) is 0.853. The van der Waals surface area contributed by atoms with Gasteiger partial charge in [0.1, 0.15) is 0 Å². The lowest BCUT2D eigenvalue weighted by molar-refractivity contribution is 0.230. The molecule has 0 fully saturated rings. The Morgan fingerprint density at radius 3 is 2.59 bits per heavy atom. The lowest BCUT2D eigenvalue weighted by Gasteiger charge is -2.14. The molecular weight excluding hydrogens is 214 g/mol. The number of hydrogen-bond acceptors (Lipinski definition) is 3. The molecule has 94 valence electrons. The van der Waals surface area contributed by atoms with Gasteiger partial charge in [0.2, 0.25) is 0 Å². The Labute approximate surface area is 103 Å². The molecule has 0 aliphatic heterocycles. The molecule has 0 unspecified atom stereocenters. The van der Waals surface area contributed by atoms with Crippen molar-refractivity contribution in [2.24, 2.45) is 5.73 Å². The summed E-state index contributed by atoms with van der Waals surface area (Å²) in [5.74, 6) is 1.52. The second kappa shape index (κ2) is 6.30. The molecule has 1 aromatic rings. The van der Waals surface area contributed by atoms with Gasteiger partial charge < -0.3 is 15.2 Å². The van der Waals surface area contributed by atoms with E-state index >= 15 is 0 Å². The van der Waals surface area contributed by atoms with Crippen molar-refractivity contribution >= 4 is 6.08 Å². The van der Waals surface area contributed by atoms with Crippen LogP contribution >= 0.6 is 0 Å². The normalized spacial score (nSPS) is 11.8. The molecule has 0 aromatic heterocycles. The molecule has 0 saturated heterocycles. The summed E-state index contributed by atoms with van der Waals surface area (Å²) in [6.45, 7) is 6.55. The van der Waals surface area contributed by atoms with Gasteiger partial charge in [-0.3, -0.25) is 0 Å². The Morgan fingerprint density at radius 1 is 1.35 bits per heavy atom. The van der Waals surface area contributed by atoms with E-state index in [9.17, 15) is 0 Å². The maximum atomic E-state index is 5.65. The third kappa shape index (κ3) is 4.11. The van der Waals surface area contributed by atoms with E-state index in [-0.39, 0.29) is 6.10 Å². The van der Waals surface area contributed by atoms with Gasteiger partial charge in [0.05, 0.1) is 13.2 Å². The molecule has 0 saturated carbocycles. The Morgan fingerprint density at radius 2 is 2.06 bits per heavy atom. The first-order valence-electron chi connectivity index (χ1n) is 5.78. The molecule has 0 atom stereocenters. The van der Waals surface area contributed by atoms with E-state index in [1.165, 1.54) is 0 Å². The van der Waals surface area contributed by atoms with Gasteiger partial charge in [0.15, 0.2) is 11.5 Å². The van der Waals surface area contributed by atoms with Crippen LogP contribution in [0.5, 0.6) is 11.5 Å². The molecule has 17 heavy (non-hydrogen) atoms. The molecule has 2 N–H and O–H groups in total. The molecule has 0 bridgehead atoms. The minimum atomic E-state index is 0.135. The number of ether oxygens (including phenoxy) is 2. The van der Waals surface area contributed by atoms with Crippen LogP contribution in [0.3, 0.4) is 0 Å². The van der Waals surface area contributed by atoms with E-state index in [2.05, 4.69) is 0 Å². The fourth-order valence-corrected chi connectivity index (χ4v) is 1.47. The molecular formula is C14H21NO2. The van der Waals surface area contributed by atoms with Gasteiger partial charge >= 0.3 is 0 Å². The molecule has 0 radical (unpaired) electrons. The predicted octanol–water partition coefficient (Wildman–Crippen LogP) is 2.84. The van der Waals surface area contributed by atoms with E-state index in [0.29, 0.717) is 6.54 Å². The van der Waals surface area contributed by atoms with Gasteiger partial charge in [-0.25, -0.2) is 0 Å². The summed E-state index contributed by atoms with van der Waals surface area (Å²) < 4.78 is 11.0. The van der Waals surface area contributed by atoms with Crippen molar-refractivity contribution in [1.29, 1.82) is 0 Å². The Kier molecular flexibility index (Phi) is 5.04. The molecule has 1 aromatic carbocycles. The van der Waals surface area contributed by atoms with Crippen LogP contribution in [-0.4, -0.2) is 19.8 Å². The predicted molar refractivity (Wildman–Crippen MR) is 71.5 cm³/mol. The number of rotatable bonds is 5. The standard InChI is InChI=1S/C14H21NO2/c1-10(2)17-13-6-5-12(7-11(3)9-15)8-14(13)16-4/h5-8,10H,9,15H2,1-4H3. The molecule has 1 rings (SSSR count). The van der Waals surface area contributed by atoms with Gasteiger partial charge in [-0.15, -0.1) is 0 Å². The molecule has 0 spiro atoms. The summed E-state index contributed by atoms with van der Waals surface area (Å²) in [6.07, 6.45) is 2.18. The summed E-state index contributed by atoms with van der Waals surface area (Å²) in [4.78, 5) is 0. The highest BCUT2D eigenvalue weighted by molar-refractivity contribution is 5.58. The van der Waals surface area contributed by atoms with Crippen molar-refractivity contribution in [3.8, 4) is 11.5 Å². The summed E-state index contributed by atoms with van der Waals surface area (Å²) in [6, 6.07) is 5.88. The van der Waals surface area contributed by atoms with Crippen molar-refractivity contribution in [2.75, 3.05) is 13.7 Å². The van der Waals surface area contributed by atoms with E-state index < -0.39 is 0 Å². The van der Waals surface area contributed by atoms with Crippen molar-refractivity contribution in [3.05, 3.63) is 29.3 Å². The van der Waals surface area contributed by atoms with Crippen LogP contribution in [0.2, 0.25) is 0 Å². The molecule has 0 aliphatic carbocycles.